The first kappa shape index (κ1) is 25.0. The summed E-state index contributed by atoms with van der Waals surface area (Å²) in [5.74, 6) is 0.936. The summed E-state index contributed by atoms with van der Waals surface area (Å²) in [6, 6.07) is 9.32. The molecule has 31 heavy (non-hydrogen) atoms. The summed E-state index contributed by atoms with van der Waals surface area (Å²) in [4.78, 5) is 11.9. The molecule has 1 aromatic heterocycles. The normalized spacial score (nSPS) is 13.1. The van der Waals surface area contributed by atoms with Gasteiger partial charge >= 0.3 is 0 Å². The number of aromatic nitrogens is 1. The summed E-state index contributed by atoms with van der Waals surface area (Å²) in [5.41, 5.74) is 8.06. The number of carbonyl (C=O) groups excluding carboxylic acids is 1. The van der Waals surface area contributed by atoms with E-state index in [4.69, 9.17) is 19.6 Å². The van der Waals surface area contributed by atoms with E-state index in [0.29, 0.717) is 34.7 Å². The van der Waals surface area contributed by atoms with Crippen molar-refractivity contribution in [3.8, 4) is 17.2 Å². The molecule has 0 radical (unpaired) electrons. The maximum Gasteiger partial charge on any atom is 0.265 e. The number of hydrogen-bond acceptors (Lipinski definition) is 4. The second-order valence-electron chi connectivity index (χ2n) is 9.09. The molecule has 1 amide bonds. The summed E-state index contributed by atoms with van der Waals surface area (Å²) in [7, 11) is -0.520. The zero-order chi connectivity index (χ0) is 23.3. The molecule has 1 atom stereocenters. The van der Waals surface area contributed by atoms with Gasteiger partial charge in [-0.05, 0) is 35.7 Å². The van der Waals surface area contributed by atoms with Crippen molar-refractivity contribution in [2.24, 2.45) is 5.73 Å². The molecule has 0 bridgehead atoms. The standard InChI is InChI=1S/C24H38N2O4Si/c1-16(2)31(17(3)4,18(5)6)30-22-13-20(26-11-9-10-23(26)24(25)27)12-21(14-22)29-19(7)15-28-8/h9-14,16-19H,15H2,1-8H3,(H2,25,27)/t19-/m0/s1. The fourth-order valence-corrected chi connectivity index (χ4v) is 9.92. The minimum absolute atomic E-state index is 0.129. The van der Waals surface area contributed by atoms with Crippen LogP contribution in [0.3, 0.4) is 0 Å². The molecule has 2 N–H and O–H groups in total. The van der Waals surface area contributed by atoms with Crippen LogP contribution in [-0.2, 0) is 4.74 Å². The van der Waals surface area contributed by atoms with E-state index in [2.05, 4.69) is 41.5 Å². The highest BCUT2D eigenvalue weighted by Crippen LogP contribution is 2.43. The number of carbonyl (C=O) groups is 1. The van der Waals surface area contributed by atoms with Crippen LogP contribution in [0.25, 0.3) is 5.69 Å². The van der Waals surface area contributed by atoms with Gasteiger partial charge < -0.3 is 24.2 Å². The maximum absolute atomic E-state index is 11.9. The van der Waals surface area contributed by atoms with Gasteiger partial charge in [0.1, 0.15) is 23.3 Å². The summed E-state index contributed by atoms with van der Waals surface area (Å²) in [6.45, 7) is 16.0. The summed E-state index contributed by atoms with van der Waals surface area (Å²) >= 11 is 0. The van der Waals surface area contributed by atoms with E-state index >= 15 is 0 Å². The highest BCUT2D eigenvalue weighted by atomic mass is 28.4. The molecular weight excluding hydrogens is 408 g/mol. The fraction of sp³-hybridized carbons (Fsp3) is 0.542. The van der Waals surface area contributed by atoms with Crippen LogP contribution < -0.4 is 14.9 Å². The van der Waals surface area contributed by atoms with Crippen LogP contribution in [0.15, 0.2) is 36.5 Å². The zero-order valence-corrected chi connectivity index (χ0v) is 21.1. The molecule has 2 aromatic rings. The molecule has 6 nitrogen and oxygen atoms in total. The highest BCUT2D eigenvalue weighted by molar-refractivity contribution is 6.78. The average molecular weight is 447 g/mol. The molecule has 0 aliphatic carbocycles. The Morgan fingerprint density at radius 2 is 1.58 bits per heavy atom. The van der Waals surface area contributed by atoms with Gasteiger partial charge in [0.25, 0.3) is 14.2 Å². The monoisotopic (exact) mass is 446 g/mol. The number of ether oxygens (including phenoxy) is 2. The van der Waals surface area contributed by atoms with Crippen LogP contribution in [0, 0.1) is 0 Å². The van der Waals surface area contributed by atoms with Crippen LogP contribution in [-0.4, -0.2) is 38.6 Å². The Labute approximate surface area is 187 Å². The molecule has 2 rings (SSSR count). The molecule has 0 aliphatic rings. The van der Waals surface area contributed by atoms with E-state index < -0.39 is 14.2 Å². The van der Waals surface area contributed by atoms with Crippen molar-refractivity contribution >= 4 is 14.2 Å². The number of methoxy groups -OCH3 is 1. The number of nitrogens with two attached hydrogens (primary N) is 1. The molecule has 1 heterocycles. The zero-order valence-electron chi connectivity index (χ0n) is 20.1. The smallest absolute Gasteiger partial charge is 0.265 e. The van der Waals surface area contributed by atoms with Gasteiger partial charge in [-0.15, -0.1) is 0 Å². The predicted molar refractivity (Wildman–Crippen MR) is 128 cm³/mol. The minimum Gasteiger partial charge on any atom is -0.543 e. The SMILES string of the molecule is COC[C@H](C)Oc1cc(O[Si](C(C)C)(C(C)C)C(C)C)cc(-n2cccc2C(N)=O)c1. The van der Waals surface area contributed by atoms with Gasteiger partial charge in [0.05, 0.1) is 12.3 Å². The van der Waals surface area contributed by atoms with Crippen molar-refractivity contribution in [1.29, 1.82) is 0 Å². The Bertz CT molecular complexity index is 854. The second-order valence-corrected chi connectivity index (χ2v) is 14.5. The largest absolute Gasteiger partial charge is 0.543 e. The molecule has 0 aliphatic heterocycles. The maximum atomic E-state index is 11.9. The Kier molecular flexibility index (Phi) is 8.37. The third kappa shape index (κ3) is 5.52. The van der Waals surface area contributed by atoms with Crippen LogP contribution in [0.4, 0.5) is 0 Å². The van der Waals surface area contributed by atoms with Crippen molar-refractivity contribution in [2.75, 3.05) is 13.7 Å². The van der Waals surface area contributed by atoms with Gasteiger partial charge in [-0.25, -0.2) is 0 Å². The van der Waals surface area contributed by atoms with Crippen LogP contribution in [0.2, 0.25) is 16.6 Å². The Morgan fingerprint density at radius 3 is 2.10 bits per heavy atom. The lowest BCUT2D eigenvalue weighted by molar-refractivity contribution is 0.0919. The summed E-state index contributed by atoms with van der Waals surface area (Å²) < 4.78 is 20.0. The topological polar surface area (TPSA) is 75.7 Å². The highest BCUT2D eigenvalue weighted by Gasteiger charge is 2.47. The minimum atomic E-state index is -2.17. The Balaban J connectivity index is 2.60. The van der Waals surface area contributed by atoms with Gasteiger partial charge in [0, 0.05) is 31.5 Å². The lowest BCUT2D eigenvalue weighted by Gasteiger charge is -2.42. The third-order valence-electron chi connectivity index (χ3n) is 5.88. The quantitative estimate of drug-likeness (QED) is 0.460. The molecule has 0 saturated carbocycles. The molecular formula is C24H38N2O4Si. The van der Waals surface area contributed by atoms with E-state index in [1.165, 1.54) is 0 Å². The van der Waals surface area contributed by atoms with Gasteiger partial charge in [0.15, 0.2) is 0 Å². The van der Waals surface area contributed by atoms with E-state index in [-0.39, 0.29) is 6.10 Å². The van der Waals surface area contributed by atoms with E-state index in [9.17, 15) is 4.79 Å². The van der Waals surface area contributed by atoms with Crippen molar-refractivity contribution in [3.05, 3.63) is 42.2 Å². The summed E-state index contributed by atoms with van der Waals surface area (Å²) in [6.07, 6.45) is 1.69. The van der Waals surface area contributed by atoms with Crippen LogP contribution in [0.5, 0.6) is 11.5 Å². The molecule has 0 spiro atoms. The van der Waals surface area contributed by atoms with Gasteiger partial charge in [-0.1, -0.05) is 41.5 Å². The number of benzene rings is 1. The second kappa shape index (κ2) is 10.4. The van der Waals surface area contributed by atoms with Crippen LogP contribution in [0.1, 0.15) is 59.0 Å². The number of amides is 1. The average Bonchev–Trinajstić information content (AvgIpc) is 3.15. The Hall–Kier alpha value is -2.25. The first-order valence-electron chi connectivity index (χ1n) is 11.0. The van der Waals surface area contributed by atoms with Crippen molar-refractivity contribution in [1.82, 2.24) is 4.57 Å². The van der Waals surface area contributed by atoms with Crippen molar-refractivity contribution in [3.63, 3.8) is 0 Å². The van der Waals surface area contributed by atoms with Crippen molar-refractivity contribution < 1.29 is 18.7 Å². The predicted octanol–water partition coefficient (Wildman–Crippen LogP) is 5.54. The molecule has 172 valence electrons. The summed E-state index contributed by atoms with van der Waals surface area (Å²) in [5, 5.41) is 0. The number of nitrogens with zero attached hydrogens (tertiary/aromatic N) is 1. The van der Waals surface area contributed by atoms with E-state index in [1.807, 2.05) is 31.3 Å². The lowest BCUT2D eigenvalue weighted by atomic mass is 10.2. The van der Waals surface area contributed by atoms with E-state index in [1.54, 1.807) is 23.8 Å². The van der Waals surface area contributed by atoms with Gasteiger partial charge in [-0.2, -0.15) is 0 Å². The van der Waals surface area contributed by atoms with Crippen molar-refractivity contribution in [2.45, 2.75) is 71.2 Å². The number of hydrogen-bond donors (Lipinski definition) is 1. The molecule has 1 aromatic carbocycles. The molecule has 0 saturated heterocycles. The number of primary amides is 1. The van der Waals surface area contributed by atoms with Crippen LogP contribution >= 0.6 is 0 Å². The molecule has 7 heteroatoms. The Morgan fingerprint density at radius 1 is 1.00 bits per heavy atom. The fourth-order valence-electron chi connectivity index (χ4n) is 4.69. The lowest BCUT2D eigenvalue weighted by Crippen LogP contribution is -2.50. The van der Waals surface area contributed by atoms with Gasteiger partial charge in [-0.3, -0.25) is 4.79 Å². The number of rotatable bonds is 11. The first-order valence-corrected chi connectivity index (χ1v) is 13.1. The third-order valence-corrected chi connectivity index (χ3v) is 11.9. The molecule has 0 fully saturated rings. The van der Waals surface area contributed by atoms with E-state index in [0.717, 1.165) is 11.4 Å². The first-order chi connectivity index (χ1) is 14.5. The molecule has 0 unspecified atom stereocenters. The van der Waals surface area contributed by atoms with Gasteiger partial charge in [0.2, 0.25) is 0 Å².